The first-order chi connectivity index (χ1) is 18.8. The number of nitrogens with one attached hydrogen (secondary N) is 1. The molecule has 2 heterocycles. The predicted molar refractivity (Wildman–Crippen MR) is 148 cm³/mol. The number of hydrogen-bond donors (Lipinski definition) is 1. The van der Waals surface area contributed by atoms with Gasteiger partial charge in [-0.3, -0.25) is 14.7 Å². The Bertz CT molecular complexity index is 1420. The minimum Gasteiger partial charge on any atom is -0.322 e. The molecule has 0 atom stereocenters. The van der Waals surface area contributed by atoms with Gasteiger partial charge in [-0.25, -0.2) is 0 Å². The smallest absolute Gasteiger partial charge is 0.322 e. The number of nitrogens with zero attached hydrogens (tertiary/aromatic N) is 2. The van der Waals surface area contributed by atoms with Gasteiger partial charge >= 0.3 is 6.18 Å². The molecule has 0 saturated carbocycles. The zero-order chi connectivity index (χ0) is 27.4. The Labute approximate surface area is 230 Å². The monoisotopic (exact) mass is 549 g/mol. The summed E-state index contributed by atoms with van der Waals surface area (Å²) in [6.45, 7) is 2.04. The third-order valence-corrected chi connectivity index (χ3v) is 7.39. The maximum absolute atomic E-state index is 14.0. The van der Waals surface area contributed by atoms with Crippen LogP contribution in [0.4, 0.5) is 18.9 Å². The third kappa shape index (κ3) is 6.49. The molecule has 0 spiro atoms. The van der Waals surface area contributed by atoms with Gasteiger partial charge in [-0.15, -0.1) is 0 Å². The summed E-state index contributed by atoms with van der Waals surface area (Å²) in [6.07, 6.45) is -0.441. The zero-order valence-corrected chi connectivity index (χ0v) is 21.8. The van der Waals surface area contributed by atoms with E-state index in [2.05, 4.69) is 39.5 Å². The largest absolute Gasteiger partial charge is 0.416 e. The summed E-state index contributed by atoms with van der Waals surface area (Å²) in [5.74, 6) is -0.781. The Kier molecular flexibility index (Phi) is 8.00. The summed E-state index contributed by atoms with van der Waals surface area (Å²) in [4.78, 5) is 18.9. The summed E-state index contributed by atoms with van der Waals surface area (Å²) in [5, 5.41) is 3.42. The topological polar surface area (TPSA) is 45.2 Å². The van der Waals surface area contributed by atoms with Crippen molar-refractivity contribution in [1.82, 2.24) is 9.88 Å². The summed E-state index contributed by atoms with van der Waals surface area (Å²) in [7, 11) is 0. The van der Waals surface area contributed by atoms with Crippen molar-refractivity contribution in [3.8, 4) is 11.1 Å². The van der Waals surface area contributed by atoms with Crippen LogP contribution in [0.3, 0.4) is 0 Å². The van der Waals surface area contributed by atoms with Crippen LogP contribution in [0.5, 0.6) is 0 Å². The molecule has 0 bridgehead atoms. The molecule has 1 aliphatic rings. The minimum atomic E-state index is -4.52. The summed E-state index contributed by atoms with van der Waals surface area (Å²) in [5.41, 5.74) is 3.35. The molecule has 0 radical (unpaired) electrons. The van der Waals surface area contributed by atoms with E-state index in [1.165, 1.54) is 30.6 Å². The van der Waals surface area contributed by atoms with Gasteiger partial charge in [-0.05, 0) is 90.5 Å². The standard InChI is InChI=1S/C31H27ClF3N3O/c32-26-10-8-23(9-11-26)22-6-4-21(5-7-22)20-38-18-14-24(15-19-38)29-27(31(33,34)35)2-1-3-28(29)37-30(39)25-12-16-36-17-13-25/h1-13,16-17,24H,14-15,18-20H2,(H,37,39). The number of anilines is 1. The highest BCUT2D eigenvalue weighted by Gasteiger charge is 2.37. The zero-order valence-electron chi connectivity index (χ0n) is 21.1. The average Bonchev–Trinajstić information content (AvgIpc) is 2.94. The van der Waals surface area contributed by atoms with Crippen LogP contribution in [0.1, 0.15) is 45.8 Å². The minimum absolute atomic E-state index is 0.166. The Hall–Kier alpha value is -3.68. The van der Waals surface area contributed by atoms with E-state index in [1.807, 2.05) is 24.3 Å². The van der Waals surface area contributed by atoms with Crippen LogP contribution in [0, 0.1) is 0 Å². The molecule has 0 aliphatic carbocycles. The van der Waals surface area contributed by atoms with E-state index in [0.29, 0.717) is 36.5 Å². The van der Waals surface area contributed by atoms with Crippen molar-refractivity contribution in [1.29, 1.82) is 0 Å². The highest BCUT2D eigenvalue weighted by Crippen LogP contribution is 2.42. The second-order valence-corrected chi connectivity index (χ2v) is 10.1. The van der Waals surface area contributed by atoms with E-state index in [4.69, 9.17) is 11.6 Å². The number of carbonyl (C=O) groups is 1. The molecule has 1 amide bonds. The van der Waals surface area contributed by atoms with Crippen LogP contribution in [0.2, 0.25) is 5.02 Å². The van der Waals surface area contributed by atoms with Crippen molar-refractivity contribution in [3.05, 3.63) is 119 Å². The number of carbonyl (C=O) groups excluding carboxylic acids is 1. The van der Waals surface area contributed by atoms with Crippen LogP contribution in [-0.2, 0) is 12.7 Å². The Morgan fingerprint density at radius 3 is 2.13 bits per heavy atom. The number of hydrogen-bond acceptors (Lipinski definition) is 3. The van der Waals surface area contributed by atoms with Gasteiger partial charge in [-0.1, -0.05) is 54.1 Å². The Morgan fingerprint density at radius 1 is 0.897 bits per heavy atom. The molecule has 5 rings (SSSR count). The van der Waals surface area contributed by atoms with Crippen molar-refractivity contribution >= 4 is 23.2 Å². The van der Waals surface area contributed by atoms with Crippen LogP contribution in [-0.4, -0.2) is 28.9 Å². The van der Waals surface area contributed by atoms with Gasteiger partial charge in [-0.2, -0.15) is 13.2 Å². The van der Waals surface area contributed by atoms with Crippen molar-refractivity contribution in [2.24, 2.45) is 0 Å². The highest BCUT2D eigenvalue weighted by atomic mass is 35.5. The third-order valence-electron chi connectivity index (χ3n) is 7.14. The molecule has 4 aromatic rings. The van der Waals surface area contributed by atoms with Crippen LogP contribution < -0.4 is 5.32 Å². The Morgan fingerprint density at radius 2 is 1.51 bits per heavy atom. The molecular formula is C31H27ClF3N3O. The fourth-order valence-corrected chi connectivity index (χ4v) is 5.27. The lowest BCUT2D eigenvalue weighted by Crippen LogP contribution is -2.33. The number of likely N-dealkylation sites (tertiary alicyclic amines) is 1. The lowest BCUT2D eigenvalue weighted by Gasteiger charge is -2.34. The fraction of sp³-hybridized carbons (Fsp3) is 0.226. The van der Waals surface area contributed by atoms with E-state index in [1.54, 1.807) is 6.07 Å². The molecule has 8 heteroatoms. The number of amides is 1. The lowest BCUT2D eigenvalue weighted by molar-refractivity contribution is -0.138. The van der Waals surface area contributed by atoms with Crippen molar-refractivity contribution in [3.63, 3.8) is 0 Å². The Balaban J connectivity index is 1.28. The van der Waals surface area contributed by atoms with E-state index in [-0.39, 0.29) is 17.2 Å². The summed E-state index contributed by atoms with van der Waals surface area (Å²) in [6, 6.07) is 23.1. The van der Waals surface area contributed by atoms with E-state index >= 15 is 0 Å². The van der Waals surface area contributed by atoms with Crippen molar-refractivity contribution in [2.75, 3.05) is 18.4 Å². The van der Waals surface area contributed by atoms with Gasteiger partial charge < -0.3 is 5.32 Å². The molecule has 4 nitrogen and oxygen atoms in total. The molecule has 3 aromatic carbocycles. The maximum atomic E-state index is 14.0. The number of benzene rings is 3. The normalized spacial score (nSPS) is 14.8. The van der Waals surface area contributed by atoms with Gasteiger partial charge in [0.1, 0.15) is 0 Å². The maximum Gasteiger partial charge on any atom is 0.416 e. The molecule has 1 fully saturated rings. The molecule has 200 valence electrons. The van der Waals surface area contributed by atoms with Crippen molar-refractivity contribution in [2.45, 2.75) is 31.5 Å². The van der Waals surface area contributed by atoms with Gasteiger partial charge in [0.15, 0.2) is 0 Å². The SMILES string of the molecule is O=C(Nc1cccc(C(F)(F)F)c1C1CCN(Cc2ccc(-c3ccc(Cl)cc3)cc2)CC1)c1ccncc1. The predicted octanol–water partition coefficient (Wildman–Crippen LogP) is 8.05. The van der Waals surface area contributed by atoms with Crippen molar-refractivity contribution < 1.29 is 18.0 Å². The first-order valence-corrected chi connectivity index (χ1v) is 13.1. The number of pyridine rings is 1. The molecular weight excluding hydrogens is 523 g/mol. The van der Waals surface area contributed by atoms with Crippen LogP contribution >= 0.6 is 11.6 Å². The molecule has 1 aromatic heterocycles. The second kappa shape index (κ2) is 11.6. The first-order valence-electron chi connectivity index (χ1n) is 12.8. The quantitative estimate of drug-likeness (QED) is 0.264. The molecule has 1 saturated heterocycles. The second-order valence-electron chi connectivity index (χ2n) is 9.71. The van der Waals surface area contributed by atoms with Gasteiger partial charge in [0.2, 0.25) is 0 Å². The van der Waals surface area contributed by atoms with Gasteiger partial charge in [0.25, 0.3) is 5.91 Å². The molecule has 0 unspecified atom stereocenters. The number of halogens is 4. The molecule has 1 aliphatic heterocycles. The summed E-state index contributed by atoms with van der Waals surface area (Å²) < 4.78 is 42.1. The summed E-state index contributed by atoms with van der Waals surface area (Å²) >= 11 is 5.99. The number of rotatable bonds is 6. The van der Waals surface area contributed by atoms with Crippen LogP contribution in [0.15, 0.2) is 91.3 Å². The fourth-order valence-electron chi connectivity index (χ4n) is 5.14. The molecule has 1 N–H and O–H groups in total. The number of piperidine rings is 1. The number of aromatic nitrogens is 1. The number of alkyl halides is 3. The van der Waals surface area contributed by atoms with Crippen LogP contribution in [0.25, 0.3) is 11.1 Å². The molecule has 39 heavy (non-hydrogen) atoms. The van der Waals surface area contributed by atoms with E-state index < -0.39 is 17.6 Å². The van der Waals surface area contributed by atoms with Gasteiger partial charge in [0, 0.05) is 35.2 Å². The van der Waals surface area contributed by atoms with E-state index in [9.17, 15) is 18.0 Å². The lowest BCUT2D eigenvalue weighted by atomic mass is 9.84. The van der Waals surface area contributed by atoms with Gasteiger partial charge in [0.05, 0.1) is 5.56 Å². The average molecular weight is 550 g/mol. The first kappa shape index (κ1) is 26.9. The van der Waals surface area contributed by atoms with E-state index in [0.717, 1.165) is 29.3 Å². The highest BCUT2D eigenvalue weighted by molar-refractivity contribution is 6.30.